The van der Waals surface area contributed by atoms with Crippen molar-refractivity contribution in [3.8, 4) is 11.7 Å². The number of nitrogens with zero attached hydrogens (tertiary/aromatic N) is 3. The second-order valence-electron chi connectivity index (χ2n) is 6.65. The van der Waals surface area contributed by atoms with Gasteiger partial charge in [0.1, 0.15) is 0 Å². The van der Waals surface area contributed by atoms with Crippen LogP contribution in [0.3, 0.4) is 0 Å². The first-order valence-corrected chi connectivity index (χ1v) is 9.32. The molecular formula is C19H21N4O3S+. The van der Waals surface area contributed by atoms with Gasteiger partial charge in [0.25, 0.3) is 10.7 Å². The van der Waals surface area contributed by atoms with Gasteiger partial charge in [0, 0.05) is 11.3 Å². The molecule has 1 aliphatic heterocycles. The summed E-state index contributed by atoms with van der Waals surface area (Å²) in [7, 11) is 0. The molecule has 0 aliphatic carbocycles. The number of benzene rings is 1. The molecule has 0 atom stereocenters. The van der Waals surface area contributed by atoms with Gasteiger partial charge < -0.3 is 18.6 Å². The highest BCUT2D eigenvalue weighted by Crippen LogP contribution is 2.18. The van der Waals surface area contributed by atoms with Gasteiger partial charge in [-0.1, -0.05) is 0 Å². The van der Waals surface area contributed by atoms with Crippen LogP contribution in [-0.4, -0.2) is 41.7 Å². The van der Waals surface area contributed by atoms with E-state index >= 15 is 0 Å². The number of quaternary nitrogens is 1. The summed E-state index contributed by atoms with van der Waals surface area (Å²) >= 11 is 5.29. The van der Waals surface area contributed by atoms with Crippen LogP contribution < -0.4 is 9.80 Å². The summed E-state index contributed by atoms with van der Waals surface area (Å²) in [5.74, 6) is 1.08. The summed E-state index contributed by atoms with van der Waals surface area (Å²) in [5.41, 5.74) is 1.90. The van der Waals surface area contributed by atoms with Crippen LogP contribution in [0.25, 0.3) is 11.7 Å². The Kier molecular flexibility index (Phi) is 4.91. The molecular weight excluding hydrogens is 364 g/mol. The van der Waals surface area contributed by atoms with Crippen LogP contribution in [0.1, 0.15) is 17.3 Å². The van der Waals surface area contributed by atoms with Gasteiger partial charge in [-0.05, 0) is 55.5 Å². The molecule has 7 nitrogen and oxygen atoms in total. The predicted octanol–water partition coefficient (Wildman–Crippen LogP) is 2.03. The zero-order chi connectivity index (χ0) is 18.8. The molecule has 0 unspecified atom stereocenters. The first-order chi connectivity index (χ1) is 13.1. The van der Waals surface area contributed by atoms with Gasteiger partial charge in [-0.15, -0.1) is 5.10 Å². The van der Waals surface area contributed by atoms with Crippen molar-refractivity contribution in [3.63, 3.8) is 0 Å². The Bertz CT molecular complexity index is 967. The minimum Gasteiger partial charge on any atom is -0.459 e. The van der Waals surface area contributed by atoms with E-state index < -0.39 is 0 Å². The molecule has 140 valence electrons. The monoisotopic (exact) mass is 385 g/mol. The highest BCUT2D eigenvalue weighted by molar-refractivity contribution is 7.71. The number of aromatic nitrogens is 2. The van der Waals surface area contributed by atoms with Gasteiger partial charge in [-0.25, -0.2) is 0 Å². The molecule has 0 amide bonds. The van der Waals surface area contributed by atoms with E-state index in [0.717, 1.165) is 37.4 Å². The van der Waals surface area contributed by atoms with Crippen molar-refractivity contribution in [1.29, 1.82) is 0 Å². The smallest absolute Gasteiger partial charge is 0.292 e. The lowest BCUT2D eigenvalue weighted by atomic mass is 10.1. The number of rotatable bonds is 5. The molecule has 0 radical (unpaired) electrons. The Balaban J connectivity index is 1.37. The van der Waals surface area contributed by atoms with Crippen LogP contribution >= 0.6 is 12.2 Å². The molecule has 1 saturated heterocycles. The third-order valence-electron chi connectivity index (χ3n) is 4.82. The summed E-state index contributed by atoms with van der Waals surface area (Å²) in [6, 6.07) is 11.4. The minimum absolute atomic E-state index is 0.0917. The van der Waals surface area contributed by atoms with Crippen LogP contribution in [0.2, 0.25) is 0 Å². The molecule has 8 heteroatoms. The van der Waals surface area contributed by atoms with Crippen molar-refractivity contribution in [1.82, 2.24) is 9.78 Å². The molecule has 1 N–H and O–H groups in total. The maximum absolute atomic E-state index is 11.4. The summed E-state index contributed by atoms with van der Waals surface area (Å²) in [6.45, 7) is 6.07. The summed E-state index contributed by atoms with van der Waals surface area (Å²) < 4.78 is 12.6. The Hall–Kier alpha value is -2.71. The number of carbonyl (C=O) groups is 1. The fourth-order valence-electron chi connectivity index (χ4n) is 3.26. The van der Waals surface area contributed by atoms with E-state index in [1.807, 2.05) is 24.3 Å². The van der Waals surface area contributed by atoms with E-state index in [-0.39, 0.29) is 5.78 Å². The van der Waals surface area contributed by atoms with Crippen LogP contribution in [0.4, 0.5) is 5.69 Å². The van der Waals surface area contributed by atoms with Gasteiger partial charge in [-0.3, -0.25) is 4.79 Å². The first kappa shape index (κ1) is 17.7. The molecule has 0 spiro atoms. The Morgan fingerprint density at radius 1 is 1.22 bits per heavy atom. The van der Waals surface area contributed by atoms with Crippen molar-refractivity contribution in [2.45, 2.75) is 13.6 Å². The molecule has 3 heterocycles. The Morgan fingerprint density at radius 3 is 2.59 bits per heavy atom. The number of nitrogens with one attached hydrogen (secondary N) is 1. The number of carbonyl (C=O) groups excluding carboxylic acids is 1. The van der Waals surface area contributed by atoms with Crippen LogP contribution in [0.15, 0.2) is 51.5 Å². The van der Waals surface area contributed by atoms with E-state index in [9.17, 15) is 4.79 Å². The van der Waals surface area contributed by atoms with Crippen LogP contribution in [0, 0.1) is 4.84 Å². The number of Topliss-reactive ketones (excluding diaryl/α,β-unsaturated/α-hetero) is 1. The summed E-state index contributed by atoms with van der Waals surface area (Å²) in [4.78, 5) is 15.5. The van der Waals surface area contributed by atoms with Crippen LogP contribution in [-0.2, 0) is 6.67 Å². The topological polar surface area (TPSA) is 68.9 Å². The second-order valence-corrected chi connectivity index (χ2v) is 7.00. The zero-order valence-electron chi connectivity index (χ0n) is 15.1. The molecule has 27 heavy (non-hydrogen) atoms. The standard InChI is InChI=1S/C19H20N4O3S/c1-14(24)15-4-6-16(7-5-15)22-10-8-21(9-11-22)13-23-19(27)26-18(20-23)17-3-2-12-25-17/h2-7,12H,8-11,13H2,1H3/p+1. The quantitative estimate of drug-likeness (QED) is 0.535. The number of hydrogen-bond acceptors (Lipinski definition) is 6. The molecule has 1 aromatic carbocycles. The lowest BCUT2D eigenvalue weighted by molar-refractivity contribution is -0.924. The number of furan rings is 1. The minimum atomic E-state index is 0.0917. The van der Waals surface area contributed by atoms with Gasteiger partial charge in [0.05, 0.1) is 32.4 Å². The molecule has 2 aromatic heterocycles. The molecule has 3 aromatic rings. The lowest BCUT2D eigenvalue weighted by Crippen LogP contribution is -3.14. The van der Waals surface area contributed by atoms with Crippen LogP contribution in [0.5, 0.6) is 0 Å². The fourth-order valence-corrected chi connectivity index (χ4v) is 3.45. The van der Waals surface area contributed by atoms with Crippen molar-refractivity contribution in [3.05, 3.63) is 53.1 Å². The number of anilines is 1. The Labute approximate surface area is 161 Å². The Morgan fingerprint density at radius 2 is 1.96 bits per heavy atom. The summed E-state index contributed by atoms with van der Waals surface area (Å²) in [6.07, 6.45) is 1.58. The fraction of sp³-hybridized carbons (Fsp3) is 0.316. The van der Waals surface area contributed by atoms with Gasteiger partial charge >= 0.3 is 0 Å². The largest absolute Gasteiger partial charge is 0.459 e. The normalized spacial score (nSPS) is 15.2. The van der Waals surface area contributed by atoms with Crippen molar-refractivity contribution in [2.75, 3.05) is 31.1 Å². The third-order valence-corrected chi connectivity index (χ3v) is 5.12. The molecule has 0 bridgehead atoms. The molecule has 1 fully saturated rings. The molecule has 1 aliphatic rings. The number of hydrogen-bond donors (Lipinski definition) is 1. The SMILES string of the molecule is CC(=O)c1ccc(N2CC[NH+](Cn3nc(-c4ccco4)oc3=S)CC2)cc1. The first-order valence-electron chi connectivity index (χ1n) is 8.91. The van der Waals surface area contributed by atoms with Gasteiger partial charge in [0.2, 0.25) is 0 Å². The number of ketones is 1. The van der Waals surface area contributed by atoms with Crippen molar-refractivity contribution >= 4 is 23.7 Å². The van der Waals surface area contributed by atoms with Crippen molar-refractivity contribution < 1.29 is 18.5 Å². The predicted molar refractivity (Wildman–Crippen MR) is 102 cm³/mol. The van der Waals surface area contributed by atoms with E-state index in [1.54, 1.807) is 30.0 Å². The lowest BCUT2D eigenvalue weighted by Gasteiger charge is -2.33. The molecule has 0 saturated carbocycles. The maximum Gasteiger partial charge on any atom is 0.292 e. The third kappa shape index (κ3) is 3.86. The van der Waals surface area contributed by atoms with Gasteiger partial charge in [-0.2, -0.15) is 4.68 Å². The van der Waals surface area contributed by atoms with Crippen molar-refractivity contribution in [2.24, 2.45) is 0 Å². The highest BCUT2D eigenvalue weighted by Gasteiger charge is 2.22. The zero-order valence-corrected chi connectivity index (χ0v) is 15.9. The van der Waals surface area contributed by atoms with Gasteiger partial charge in [0.15, 0.2) is 18.2 Å². The van der Waals surface area contributed by atoms with E-state index in [1.165, 1.54) is 4.90 Å². The second kappa shape index (κ2) is 7.50. The highest BCUT2D eigenvalue weighted by atomic mass is 32.1. The average molecular weight is 385 g/mol. The number of piperazine rings is 1. The van der Waals surface area contributed by atoms with E-state index in [2.05, 4.69) is 10.00 Å². The van der Waals surface area contributed by atoms with E-state index in [0.29, 0.717) is 23.2 Å². The van der Waals surface area contributed by atoms with E-state index in [4.69, 9.17) is 21.1 Å². The maximum atomic E-state index is 11.4. The molecule has 4 rings (SSSR count). The average Bonchev–Trinajstić information content (AvgIpc) is 3.33. The summed E-state index contributed by atoms with van der Waals surface area (Å²) in [5, 5.41) is 4.44.